The van der Waals surface area contributed by atoms with Crippen LogP contribution in [0.4, 0.5) is 4.79 Å². The molecule has 1 aliphatic rings. The van der Waals surface area contributed by atoms with E-state index in [2.05, 4.69) is 5.48 Å². The van der Waals surface area contributed by atoms with Gasteiger partial charge in [-0.15, -0.1) is 0 Å². The molecule has 3 rings (SSSR count). The van der Waals surface area contributed by atoms with Crippen molar-refractivity contribution >= 4 is 12.1 Å². The van der Waals surface area contributed by atoms with Crippen LogP contribution in [0.2, 0.25) is 0 Å². The molecule has 0 radical (unpaired) electrons. The van der Waals surface area contributed by atoms with Gasteiger partial charge in [0.05, 0.1) is 12.6 Å². The Hall–Kier alpha value is -2.90. The number of nitrogens with one attached hydrogen (secondary N) is 1. The quantitative estimate of drug-likeness (QED) is 0.722. The van der Waals surface area contributed by atoms with Crippen molar-refractivity contribution in [2.24, 2.45) is 0 Å². The highest BCUT2D eigenvalue weighted by Gasteiger charge is 2.40. The Morgan fingerprint density at radius 1 is 1.04 bits per heavy atom. The molecule has 2 aromatic rings. The van der Waals surface area contributed by atoms with Crippen LogP contribution in [0.5, 0.6) is 0 Å². The number of amides is 1. The van der Waals surface area contributed by atoms with Crippen molar-refractivity contribution in [1.82, 2.24) is 10.4 Å². The molecule has 3 N–H and O–H groups in total. The molecule has 0 fully saturated rings. The van der Waals surface area contributed by atoms with E-state index in [1.54, 1.807) is 24.3 Å². The number of fused-ring (bicyclic) bond motifs is 1. The van der Waals surface area contributed by atoms with Gasteiger partial charge < -0.3 is 10.2 Å². The van der Waals surface area contributed by atoms with Crippen LogP contribution < -0.4 is 5.48 Å². The third-order valence-corrected chi connectivity index (χ3v) is 4.14. The highest BCUT2D eigenvalue weighted by atomic mass is 16.6. The van der Waals surface area contributed by atoms with Gasteiger partial charge in [-0.3, -0.25) is 9.74 Å². The first-order chi connectivity index (χ1) is 12.1. The lowest BCUT2D eigenvalue weighted by Crippen LogP contribution is -2.47. The van der Waals surface area contributed by atoms with Crippen LogP contribution in [-0.4, -0.2) is 33.7 Å². The number of nitrogens with zero attached hydrogens (tertiary/aromatic N) is 1. The first-order valence-corrected chi connectivity index (χ1v) is 7.80. The predicted molar refractivity (Wildman–Crippen MR) is 88.7 cm³/mol. The average molecular weight is 342 g/mol. The summed E-state index contributed by atoms with van der Waals surface area (Å²) in [7, 11) is 0. The SMILES string of the molecule is O=C(O)C1c2ccccc2C(NOCc2ccccc2)CN1C(=O)O. The summed E-state index contributed by atoms with van der Waals surface area (Å²) in [6.07, 6.45) is -1.28. The zero-order valence-corrected chi connectivity index (χ0v) is 13.3. The van der Waals surface area contributed by atoms with Crippen LogP contribution in [0, 0.1) is 0 Å². The third kappa shape index (κ3) is 3.62. The maximum atomic E-state index is 11.6. The number of aliphatic carboxylic acids is 1. The van der Waals surface area contributed by atoms with Crippen LogP contribution in [0.1, 0.15) is 28.8 Å². The second-order valence-electron chi connectivity index (χ2n) is 5.75. The Bertz CT molecular complexity index is 765. The predicted octanol–water partition coefficient (Wildman–Crippen LogP) is 2.57. The largest absolute Gasteiger partial charge is 0.479 e. The van der Waals surface area contributed by atoms with Crippen molar-refractivity contribution in [1.29, 1.82) is 0 Å². The van der Waals surface area contributed by atoms with Crippen molar-refractivity contribution in [3.63, 3.8) is 0 Å². The molecule has 2 unspecified atom stereocenters. The Labute approximate surface area is 144 Å². The summed E-state index contributed by atoms with van der Waals surface area (Å²) in [5.74, 6) is -1.20. The van der Waals surface area contributed by atoms with E-state index in [1.165, 1.54) is 0 Å². The molecule has 130 valence electrons. The topological polar surface area (TPSA) is 99.1 Å². The van der Waals surface area contributed by atoms with Crippen molar-refractivity contribution in [3.8, 4) is 0 Å². The number of rotatable bonds is 5. The van der Waals surface area contributed by atoms with Gasteiger partial charge in [0.1, 0.15) is 0 Å². The first kappa shape index (κ1) is 16.9. The second kappa shape index (κ2) is 7.33. The summed E-state index contributed by atoms with van der Waals surface area (Å²) in [5.41, 5.74) is 5.01. The zero-order chi connectivity index (χ0) is 17.8. The van der Waals surface area contributed by atoms with E-state index in [4.69, 9.17) is 4.84 Å². The van der Waals surface area contributed by atoms with E-state index >= 15 is 0 Å². The number of carboxylic acid groups (broad SMARTS) is 2. The summed E-state index contributed by atoms with van der Waals surface area (Å²) in [5, 5.41) is 18.9. The molecular weight excluding hydrogens is 324 g/mol. The van der Waals surface area contributed by atoms with Crippen LogP contribution in [0.3, 0.4) is 0 Å². The minimum Gasteiger partial charge on any atom is -0.479 e. The monoisotopic (exact) mass is 342 g/mol. The number of benzene rings is 2. The average Bonchev–Trinajstić information content (AvgIpc) is 2.61. The summed E-state index contributed by atoms with van der Waals surface area (Å²) in [6, 6.07) is 14.8. The van der Waals surface area contributed by atoms with E-state index < -0.39 is 24.1 Å². The molecule has 0 saturated heterocycles. The molecule has 7 heteroatoms. The molecule has 0 aromatic heterocycles. The molecule has 2 aromatic carbocycles. The van der Waals surface area contributed by atoms with Gasteiger partial charge in [0.2, 0.25) is 0 Å². The highest BCUT2D eigenvalue weighted by Crippen LogP contribution is 2.35. The van der Waals surface area contributed by atoms with Crippen molar-refractivity contribution in [3.05, 3.63) is 71.3 Å². The minimum atomic E-state index is -1.28. The van der Waals surface area contributed by atoms with E-state index in [0.717, 1.165) is 16.0 Å². The molecule has 0 saturated carbocycles. The molecule has 0 bridgehead atoms. The normalized spacial score (nSPS) is 19.3. The number of hydrogen-bond acceptors (Lipinski definition) is 4. The summed E-state index contributed by atoms with van der Waals surface area (Å²) < 4.78 is 0. The Morgan fingerprint density at radius 3 is 2.32 bits per heavy atom. The highest BCUT2D eigenvalue weighted by molar-refractivity contribution is 5.82. The van der Waals surface area contributed by atoms with Crippen molar-refractivity contribution in [2.45, 2.75) is 18.7 Å². The lowest BCUT2D eigenvalue weighted by atomic mass is 9.90. The second-order valence-corrected chi connectivity index (χ2v) is 5.75. The first-order valence-electron chi connectivity index (χ1n) is 7.80. The fourth-order valence-electron chi connectivity index (χ4n) is 3.00. The summed E-state index contributed by atoms with van der Waals surface area (Å²) in [6.45, 7) is 0.299. The van der Waals surface area contributed by atoms with Crippen LogP contribution in [0.15, 0.2) is 54.6 Å². The molecule has 7 nitrogen and oxygen atoms in total. The molecule has 1 aliphatic heterocycles. The molecule has 1 heterocycles. The van der Waals surface area contributed by atoms with Crippen molar-refractivity contribution < 1.29 is 24.6 Å². The van der Waals surface area contributed by atoms with E-state index in [-0.39, 0.29) is 6.54 Å². The Morgan fingerprint density at radius 2 is 1.68 bits per heavy atom. The smallest absolute Gasteiger partial charge is 0.408 e. The van der Waals surface area contributed by atoms with Crippen LogP contribution >= 0.6 is 0 Å². The maximum Gasteiger partial charge on any atom is 0.408 e. The number of hydroxylamine groups is 1. The van der Waals surface area contributed by atoms with Gasteiger partial charge in [0, 0.05) is 6.54 Å². The molecule has 0 spiro atoms. The van der Waals surface area contributed by atoms with E-state index in [0.29, 0.717) is 12.2 Å². The fraction of sp³-hybridized carbons (Fsp3) is 0.222. The van der Waals surface area contributed by atoms with Gasteiger partial charge in [-0.25, -0.2) is 9.59 Å². The summed E-state index contributed by atoms with van der Waals surface area (Å²) in [4.78, 5) is 29.5. The van der Waals surface area contributed by atoms with Crippen molar-refractivity contribution in [2.75, 3.05) is 6.54 Å². The lowest BCUT2D eigenvalue weighted by Gasteiger charge is -2.37. The number of carbonyl (C=O) groups is 2. The molecule has 0 aliphatic carbocycles. The molecule has 2 atom stereocenters. The van der Waals surface area contributed by atoms with Crippen LogP contribution in [0.25, 0.3) is 0 Å². The zero-order valence-electron chi connectivity index (χ0n) is 13.3. The minimum absolute atomic E-state index is 0.0158. The van der Waals surface area contributed by atoms with Gasteiger partial charge in [-0.1, -0.05) is 54.6 Å². The van der Waals surface area contributed by atoms with Gasteiger partial charge in [0.25, 0.3) is 0 Å². The maximum absolute atomic E-state index is 11.6. The van der Waals surface area contributed by atoms with Gasteiger partial charge in [-0.2, -0.15) is 5.48 Å². The Kier molecular flexibility index (Phi) is 4.97. The van der Waals surface area contributed by atoms with Gasteiger partial charge >= 0.3 is 12.1 Å². The summed E-state index contributed by atoms with van der Waals surface area (Å²) >= 11 is 0. The van der Waals surface area contributed by atoms with Crippen LogP contribution in [-0.2, 0) is 16.2 Å². The standard InChI is InChI=1S/C18H18N2O5/c21-17(22)16-14-9-5-4-8-13(14)15(10-20(16)18(23)24)19-25-11-12-6-2-1-3-7-12/h1-9,15-16,19H,10-11H2,(H,21,22)(H,23,24). The molecule has 1 amide bonds. The van der Waals surface area contributed by atoms with Gasteiger partial charge in [-0.05, 0) is 16.7 Å². The Balaban J connectivity index is 1.80. The number of carboxylic acids is 1. The number of hydrogen-bond donors (Lipinski definition) is 3. The molecule has 25 heavy (non-hydrogen) atoms. The van der Waals surface area contributed by atoms with E-state index in [1.807, 2.05) is 30.3 Å². The van der Waals surface area contributed by atoms with Gasteiger partial charge in [0.15, 0.2) is 6.04 Å². The third-order valence-electron chi connectivity index (χ3n) is 4.14. The van der Waals surface area contributed by atoms with E-state index in [9.17, 15) is 19.8 Å². The fourth-order valence-corrected chi connectivity index (χ4v) is 3.00. The lowest BCUT2D eigenvalue weighted by molar-refractivity contribution is -0.143. The molecular formula is C18H18N2O5.